The van der Waals surface area contributed by atoms with Crippen LogP contribution in [0.5, 0.6) is 0 Å². The first-order chi connectivity index (χ1) is 9.27. The van der Waals surface area contributed by atoms with E-state index in [0.717, 1.165) is 5.56 Å². The van der Waals surface area contributed by atoms with Gasteiger partial charge < -0.3 is 5.11 Å². The molecule has 0 bridgehead atoms. The average molecular weight is 254 g/mol. The summed E-state index contributed by atoms with van der Waals surface area (Å²) in [6.07, 6.45) is 0. The van der Waals surface area contributed by atoms with E-state index < -0.39 is 12.0 Å². The molecular weight excluding hydrogens is 240 g/mol. The minimum Gasteiger partial charge on any atom is -0.479 e. The van der Waals surface area contributed by atoms with Gasteiger partial charge in [-0.1, -0.05) is 60.7 Å². The first-order valence-corrected chi connectivity index (χ1v) is 5.95. The fourth-order valence-corrected chi connectivity index (χ4v) is 1.68. The summed E-state index contributed by atoms with van der Waals surface area (Å²) in [5, 5.41) is 17.1. The van der Waals surface area contributed by atoms with Crippen molar-refractivity contribution in [2.24, 2.45) is 10.2 Å². The van der Waals surface area contributed by atoms with Crippen molar-refractivity contribution in [3.05, 3.63) is 71.8 Å². The molecule has 0 saturated heterocycles. The molecule has 0 fully saturated rings. The van der Waals surface area contributed by atoms with Gasteiger partial charge in [-0.05, 0) is 11.1 Å². The molecule has 1 atom stereocenters. The SMILES string of the molecule is O=C(O)[C@@H](N=NCc1ccccc1)c1ccccc1. The second-order valence-electron chi connectivity index (χ2n) is 4.05. The van der Waals surface area contributed by atoms with Crippen LogP contribution in [0.3, 0.4) is 0 Å². The second-order valence-corrected chi connectivity index (χ2v) is 4.05. The highest BCUT2D eigenvalue weighted by Crippen LogP contribution is 2.18. The highest BCUT2D eigenvalue weighted by atomic mass is 16.4. The molecule has 2 aromatic carbocycles. The molecule has 2 rings (SSSR count). The maximum absolute atomic E-state index is 11.2. The summed E-state index contributed by atoms with van der Waals surface area (Å²) >= 11 is 0. The number of azo groups is 1. The third kappa shape index (κ3) is 3.74. The molecular formula is C15H14N2O2. The van der Waals surface area contributed by atoms with Crippen LogP contribution >= 0.6 is 0 Å². The lowest BCUT2D eigenvalue weighted by Crippen LogP contribution is -2.08. The van der Waals surface area contributed by atoms with Crippen molar-refractivity contribution in [3.8, 4) is 0 Å². The Morgan fingerprint density at radius 3 is 2.16 bits per heavy atom. The quantitative estimate of drug-likeness (QED) is 0.830. The van der Waals surface area contributed by atoms with Gasteiger partial charge in [0.15, 0.2) is 6.04 Å². The summed E-state index contributed by atoms with van der Waals surface area (Å²) in [6, 6.07) is 17.6. The summed E-state index contributed by atoms with van der Waals surface area (Å²) < 4.78 is 0. The molecule has 1 N–H and O–H groups in total. The Bertz CT molecular complexity index is 553. The van der Waals surface area contributed by atoms with Crippen molar-refractivity contribution in [1.29, 1.82) is 0 Å². The standard InChI is InChI=1S/C15H14N2O2/c18-15(19)14(13-9-5-2-6-10-13)17-16-11-12-7-3-1-4-8-12/h1-10,14H,11H2,(H,18,19)/t14-/m0/s1. The van der Waals surface area contributed by atoms with Gasteiger partial charge in [-0.2, -0.15) is 10.2 Å². The summed E-state index contributed by atoms with van der Waals surface area (Å²) in [4.78, 5) is 11.2. The van der Waals surface area contributed by atoms with Crippen LogP contribution in [0.4, 0.5) is 0 Å². The monoisotopic (exact) mass is 254 g/mol. The minimum absolute atomic E-state index is 0.386. The number of carboxylic acid groups (broad SMARTS) is 1. The zero-order valence-corrected chi connectivity index (χ0v) is 10.3. The number of nitrogens with zero attached hydrogens (tertiary/aromatic N) is 2. The maximum Gasteiger partial charge on any atom is 0.335 e. The molecule has 0 radical (unpaired) electrons. The fraction of sp³-hybridized carbons (Fsp3) is 0.133. The van der Waals surface area contributed by atoms with E-state index in [1.54, 1.807) is 24.3 Å². The zero-order valence-electron chi connectivity index (χ0n) is 10.3. The Balaban J connectivity index is 2.08. The van der Waals surface area contributed by atoms with Gasteiger partial charge in [-0.25, -0.2) is 4.79 Å². The third-order valence-corrected chi connectivity index (χ3v) is 2.64. The molecule has 4 nitrogen and oxygen atoms in total. The van der Waals surface area contributed by atoms with E-state index in [4.69, 9.17) is 0 Å². The summed E-state index contributed by atoms with van der Waals surface area (Å²) in [6.45, 7) is 0.386. The highest BCUT2D eigenvalue weighted by Gasteiger charge is 2.18. The molecule has 4 heteroatoms. The molecule has 0 spiro atoms. The first-order valence-electron chi connectivity index (χ1n) is 5.95. The number of hydrogen-bond acceptors (Lipinski definition) is 3. The van der Waals surface area contributed by atoms with Crippen molar-refractivity contribution in [3.63, 3.8) is 0 Å². The normalized spacial score (nSPS) is 12.4. The van der Waals surface area contributed by atoms with Crippen LogP contribution < -0.4 is 0 Å². The van der Waals surface area contributed by atoms with Gasteiger partial charge in [0.25, 0.3) is 0 Å². The van der Waals surface area contributed by atoms with Gasteiger partial charge in [0.2, 0.25) is 0 Å². The first kappa shape index (κ1) is 13.0. The number of aliphatic carboxylic acids is 1. The molecule has 0 aliphatic rings. The molecule has 0 aliphatic heterocycles. The van der Waals surface area contributed by atoms with Crippen LogP contribution in [-0.4, -0.2) is 11.1 Å². The van der Waals surface area contributed by atoms with Gasteiger partial charge in [0.05, 0.1) is 6.54 Å². The van der Waals surface area contributed by atoms with Crippen molar-refractivity contribution >= 4 is 5.97 Å². The molecule has 96 valence electrons. The van der Waals surface area contributed by atoms with Crippen molar-refractivity contribution in [1.82, 2.24) is 0 Å². The maximum atomic E-state index is 11.2. The molecule has 0 aromatic heterocycles. The zero-order chi connectivity index (χ0) is 13.5. The lowest BCUT2D eigenvalue weighted by molar-refractivity contribution is -0.138. The van der Waals surface area contributed by atoms with Crippen LogP contribution in [-0.2, 0) is 11.3 Å². The molecule has 19 heavy (non-hydrogen) atoms. The van der Waals surface area contributed by atoms with Crippen LogP contribution in [0.2, 0.25) is 0 Å². The largest absolute Gasteiger partial charge is 0.479 e. The van der Waals surface area contributed by atoms with Crippen molar-refractivity contribution in [2.45, 2.75) is 12.6 Å². The van der Waals surface area contributed by atoms with E-state index in [9.17, 15) is 9.90 Å². The number of carboxylic acids is 1. The predicted octanol–water partition coefficient (Wildman–Crippen LogP) is 3.46. The lowest BCUT2D eigenvalue weighted by Gasteiger charge is -2.05. The van der Waals surface area contributed by atoms with Gasteiger partial charge >= 0.3 is 5.97 Å². The number of carbonyl (C=O) groups is 1. The third-order valence-electron chi connectivity index (χ3n) is 2.64. The Labute approximate surface area is 111 Å². The average Bonchev–Trinajstić information content (AvgIpc) is 2.45. The molecule has 0 aliphatic carbocycles. The van der Waals surface area contributed by atoms with Gasteiger partial charge in [-0.15, -0.1) is 0 Å². The Hall–Kier alpha value is -2.49. The second kappa shape index (κ2) is 6.44. The Morgan fingerprint density at radius 2 is 1.58 bits per heavy atom. The van der Waals surface area contributed by atoms with E-state index in [1.165, 1.54) is 0 Å². The number of hydrogen-bond donors (Lipinski definition) is 1. The Kier molecular flexibility index (Phi) is 4.39. The van der Waals surface area contributed by atoms with Crippen LogP contribution in [0.1, 0.15) is 17.2 Å². The topological polar surface area (TPSA) is 62.0 Å². The smallest absolute Gasteiger partial charge is 0.335 e. The van der Waals surface area contributed by atoms with E-state index in [2.05, 4.69) is 10.2 Å². The molecule has 0 amide bonds. The predicted molar refractivity (Wildman–Crippen MR) is 71.8 cm³/mol. The van der Waals surface area contributed by atoms with Crippen LogP contribution in [0, 0.1) is 0 Å². The Morgan fingerprint density at radius 1 is 1.00 bits per heavy atom. The van der Waals surface area contributed by atoms with Crippen LogP contribution in [0.15, 0.2) is 70.9 Å². The van der Waals surface area contributed by atoms with Crippen LogP contribution in [0.25, 0.3) is 0 Å². The minimum atomic E-state index is -0.997. The summed E-state index contributed by atoms with van der Waals surface area (Å²) in [5.74, 6) is -0.997. The van der Waals surface area contributed by atoms with Gasteiger partial charge in [-0.3, -0.25) is 0 Å². The van der Waals surface area contributed by atoms with Crippen molar-refractivity contribution < 1.29 is 9.90 Å². The van der Waals surface area contributed by atoms with E-state index in [-0.39, 0.29) is 0 Å². The van der Waals surface area contributed by atoms with E-state index >= 15 is 0 Å². The van der Waals surface area contributed by atoms with Gasteiger partial charge in [0.1, 0.15) is 0 Å². The lowest BCUT2D eigenvalue weighted by atomic mass is 10.1. The van der Waals surface area contributed by atoms with E-state index in [1.807, 2.05) is 36.4 Å². The molecule has 0 unspecified atom stereocenters. The van der Waals surface area contributed by atoms with Gasteiger partial charge in [0, 0.05) is 0 Å². The number of benzene rings is 2. The molecule has 0 saturated carbocycles. The fourth-order valence-electron chi connectivity index (χ4n) is 1.68. The van der Waals surface area contributed by atoms with Crippen molar-refractivity contribution in [2.75, 3.05) is 0 Å². The highest BCUT2D eigenvalue weighted by molar-refractivity contribution is 5.75. The number of rotatable bonds is 5. The molecule has 2 aromatic rings. The van der Waals surface area contributed by atoms with E-state index in [0.29, 0.717) is 12.1 Å². The summed E-state index contributed by atoms with van der Waals surface area (Å²) in [7, 11) is 0. The molecule has 0 heterocycles. The summed E-state index contributed by atoms with van der Waals surface area (Å²) in [5.41, 5.74) is 1.63.